The number of benzene rings is 1. The summed E-state index contributed by atoms with van der Waals surface area (Å²) in [5, 5.41) is 2.77. The lowest BCUT2D eigenvalue weighted by Crippen LogP contribution is -2.35. The zero-order chi connectivity index (χ0) is 17.2. The van der Waals surface area contributed by atoms with Crippen LogP contribution >= 0.6 is 11.8 Å². The summed E-state index contributed by atoms with van der Waals surface area (Å²) in [7, 11) is 1.65. The monoisotopic (exact) mass is 343 g/mol. The second-order valence-electron chi connectivity index (χ2n) is 5.29. The number of rotatable bonds is 8. The van der Waals surface area contributed by atoms with Crippen LogP contribution in [0, 0.1) is 0 Å². The largest absolute Gasteiger partial charge is 0.336 e. The molecule has 5 nitrogen and oxygen atoms in total. The highest BCUT2D eigenvalue weighted by atomic mass is 32.2. The van der Waals surface area contributed by atoms with Crippen molar-refractivity contribution in [2.75, 3.05) is 24.7 Å². The molecule has 0 aliphatic heterocycles. The van der Waals surface area contributed by atoms with Gasteiger partial charge in [0.05, 0.1) is 12.2 Å². The van der Waals surface area contributed by atoms with Crippen LogP contribution in [0.1, 0.15) is 12.1 Å². The third-order valence-electron chi connectivity index (χ3n) is 3.30. The molecule has 2 rings (SSSR count). The average molecular weight is 343 g/mol. The van der Waals surface area contributed by atoms with Gasteiger partial charge in [0.1, 0.15) is 0 Å². The van der Waals surface area contributed by atoms with Crippen molar-refractivity contribution in [1.29, 1.82) is 0 Å². The number of nitrogens with one attached hydrogen (secondary N) is 1. The number of aromatic nitrogens is 1. The van der Waals surface area contributed by atoms with Crippen molar-refractivity contribution >= 4 is 29.3 Å². The zero-order valence-corrected chi connectivity index (χ0v) is 14.5. The first-order valence-corrected chi connectivity index (χ1v) is 8.87. The Hall–Kier alpha value is -2.34. The van der Waals surface area contributed by atoms with Crippen LogP contribution in [0.2, 0.25) is 0 Å². The molecule has 2 amide bonds. The topological polar surface area (TPSA) is 62.3 Å². The fourth-order valence-electron chi connectivity index (χ4n) is 2.04. The predicted molar refractivity (Wildman–Crippen MR) is 97.7 cm³/mol. The highest BCUT2D eigenvalue weighted by molar-refractivity contribution is 7.98. The number of hydrogen-bond donors (Lipinski definition) is 1. The van der Waals surface area contributed by atoms with Gasteiger partial charge in [-0.2, -0.15) is 11.8 Å². The molecule has 0 radical (unpaired) electrons. The standard InChI is InChI=1S/C18H21N3O2S/c1-21(13-17(22)20-15-7-3-2-4-8-15)18(23)10-12-24-14-16-9-5-6-11-19-16/h2-9,11H,10,12-14H2,1H3,(H,20,22). The van der Waals surface area contributed by atoms with Gasteiger partial charge in [0.15, 0.2) is 0 Å². The second-order valence-corrected chi connectivity index (χ2v) is 6.39. The molecule has 126 valence electrons. The van der Waals surface area contributed by atoms with Gasteiger partial charge in [-0.3, -0.25) is 14.6 Å². The lowest BCUT2D eigenvalue weighted by atomic mass is 10.3. The Morgan fingerprint density at radius 3 is 2.58 bits per heavy atom. The summed E-state index contributed by atoms with van der Waals surface area (Å²) in [5.74, 6) is 1.26. The quantitative estimate of drug-likeness (QED) is 0.749. The molecule has 6 heteroatoms. The highest BCUT2D eigenvalue weighted by Crippen LogP contribution is 2.11. The molecule has 0 aliphatic carbocycles. The lowest BCUT2D eigenvalue weighted by Gasteiger charge is -2.16. The van der Waals surface area contributed by atoms with Crippen molar-refractivity contribution in [3.63, 3.8) is 0 Å². The fraction of sp³-hybridized carbons (Fsp3) is 0.278. The first-order valence-electron chi connectivity index (χ1n) is 7.71. The van der Waals surface area contributed by atoms with Gasteiger partial charge in [0.2, 0.25) is 11.8 Å². The van der Waals surface area contributed by atoms with Gasteiger partial charge < -0.3 is 10.2 Å². The minimum atomic E-state index is -0.196. The summed E-state index contributed by atoms with van der Waals surface area (Å²) in [6, 6.07) is 15.0. The van der Waals surface area contributed by atoms with E-state index in [0.29, 0.717) is 12.2 Å². The number of pyridine rings is 1. The molecule has 1 aromatic carbocycles. The van der Waals surface area contributed by atoms with E-state index in [-0.39, 0.29) is 18.4 Å². The molecule has 0 bridgehead atoms. The van der Waals surface area contributed by atoms with Crippen LogP contribution < -0.4 is 5.32 Å². The number of anilines is 1. The third-order valence-corrected chi connectivity index (χ3v) is 4.29. The van der Waals surface area contributed by atoms with E-state index in [1.165, 1.54) is 4.90 Å². The van der Waals surface area contributed by atoms with E-state index in [2.05, 4.69) is 10.3 Å². The average Bonchev–Trinajstić information content (AvgIpc) is 2.60. The normalized spacial score (nSPS) is 10.2. The number of nitrogens with zero attached hydrogens (tertiary/aromatic N) is 2. The molecule has 24 heavy (non-hydrogen) atoms. The smallest absolute Gasteiger partial charge is 0.243 e. The van der Waals surface area contributed by atoms with Crippen LogP contribution in [-0.4, -0.2) is 41.0 Å². The number of carbonyl (C=O) groups is 2. The maximum absolute atomic E-state index is 12.1. The van der Waals surface area contributed by atoms with Crippen molar-refractivity contribution in [1.82, 2.24) is 9.88 Å². The van der Waals surface area contributed by atoms with Crippen molar-refractivity contribution < 1.29 is 9.59 Å². The third kappa shape index (κ3) is 6.42. The van der Waals surface area contributed by atoms with Gasteiger partial charge in [-0.1, -0.05) is 24.3 Å². The number of amides is 2. The number of thioether (sulfide) groups is 1. The Morgan fingerprint density at radius 2 is 1.88 bits per heavy atom. The molecule has 0 aliphatic rings. The Morgan fingerprint density at radius 1 is 1.12 bits per heavy atom. The number of carbonyl (C=O) groups excluding carboxylic acids is 2. The summed E-state index contributed by atoms with van der Waals surface area (Å²) in [6.07, 6.45) is 2.17. The minimum absolute atomic E-state index is 0.0354. The Kier molecular flexibility index (Phi) is 7.29. The van der Waals surface area contributed by atoms with Gasteiger partial charge >= 0.3 is 0 Å². The van der Waals surface area contributed by atoms with E-state index in [1.54, 1.807) is 25.0 Å². The minimum Gasteiger partial charge on any atom is -0.336 e. The molecular weight excluding hydrogens is 322 g/mol. The van der Waals surface area contributed by atoms with Crippen molar-refractivity contribution in [2.24, 2.45) is 0 Å². The van der Waals surface area contributed by atoms with Gasteiger partial charge in [-0.05, 0) is 24.3 Å². The molecule has 0 saturated heterocycles. The molecule has 0 unspecified atom stereocenters. The van der Waals surface area contributed by atoms with Gasteiger partial charge in [0, 0.05) is 36.9 Å². The summed E-state index contributed by atoms with van der Waals surface area (Å²) in [4.78, 5) is 29.7. The van der Waals surface area contributed by atoms with E-state index >= 15 is 0 Å². The van der Waals surface area contributed by atoms with E-state index in [4.69, 9.17) is 0 Å². The summed E-state index contributed by atoms with van der Waals surface area (Å²) in [5.41, 5.74) is 1.74. The first-order chi connectivity index (χ1) is 11.6. The summed E-state index contributed by atoms with van der Waals surface area (Å²) in [6.45, 7) is 0.0542. The van der Waals surface area contributed by atoms with E-state index in [9.17, 15) is 9.59 Å². The molecule has 2 aromatic rings. The zero-order valence-electron chi connectivity index (χ0n) is 13.6. The van der Waals surface area contributed by atoms with Crippen LogP contribution in [0.5, 0.6) is 0 Å². The predicted octanol–water partition coefficient (Wildman–Crippen LogP) is 2.80. The van der Waals surface area contributed by atoms with Gasteiger partial charge in [-0.15, -0.1) is 0 Å². The maximum atomic E-state index is 12.1. The Bertz CT molecular complexity index is 650. The van der Waals surface area contributed by atoms with Crippen molar-refractivity contribution in [3.8, 4) is 0 Å². The van der Waals surface area contributed by atoms with Gasteiger partial charge in [0.25, 0.3) is 0 Å². The SMILES string of the molecule is CN(CC(=O)Nc1ccccc1)C(=O)CCSCc1ccccn1. The van der Waals surface area contributed by atoms with Crippen LogP contribution in [0.3, 0.4) is 0 Å². The van der Waals surface area contributed by atoms with E-state index < -0.39 is 0 Å². The van der Waals surface area contributed by atoms with Crippen LogP contribution in [0.15, 0.2) is 54.7 Å². The summed E-state index contributed by atoms with van der Waals surface area (Å²) < 4.78 is 0. The molecule has 0 spiro atoms. The first kappa shape index (κ1) is 18.0. The number of para-hydroxylation sites is 1. The Labute approximate surface area is 146 Å². The van der Waals surface area contributed by atoms with E-state index in [1.807, 2.05) is 48.5 Å². The number of hydrogen-bond acceptors (Lipinski definition) is 4. The molecule has 0 fully saturated rings. The molecule has 1 heterocycles. The highest BCUT2D eigenvalue weighted by Gasteiger charge is 2.12. The van der Waals surface area contributed by atoms with Crippen LogP contribution in [0.4, 0.5) is 5.69 Å². The molecule has 0 atom stereocenters. The van der Waals surface area contributed by atoms with Crippen LogP contribution in [0.25, 0.3) is 0 Å². The van der Waals surface area contributed by atoms with Crippen molar-refractivity contribution in [3.05, 3.63) is 60.4 Å². The van der Waals surface area contributed by atoms with Crippen LogP contribution in [-0.2, 0) is 15.3 Å². The summed E-state index contributed by atoms with van der Waals surface area (Å²) >= 11 is 1.66. The van der Waals surface area contributed by atoms with E-state index in [0.717, 1.165) is 17.1 Å². The maximum Gasteiger partial charge on any atom is 0.243 e. The second kappa shape index (κ2) is 9.72. The molecule has 0 saturated carbocycles. The Balaban J connectivity index is 1.65. The number of likely N-dealkylation sites (N-methyl/N-ethyl adjacent to an activating group) is 1. The van der Waals surface area contributed by atoms with Gasteiger partial charge in [-0.25, -0.2) is 0 Å². The fourth-order valence-corrected chi connectivity index (χ4v) is 2.88. The molecule has 1 N–H and O–H groups in total. The lowest BCUT2D eigenvalue weighted by molar-refractivity contribution is -0.132. The molecular formula is C18H21N3O2S. The van der Waals surface area contributed by atoms with Crippen molar-refractivity contribution in [2.45, 2.75) is 12.2 Å². The molecule has 1 aromatic heterocycles.